The van der Waals surface area contributed by atoms with Crippen molar-refractivity contribution in [3.63, 3.8) is 0 Å². The van der Waals surface area contributed by atoms with Gasteiger partial charge in [-0.05, 0) is 31.1 Å². The Bertz CT molecular complexity index is 661. The van der Waals surface area contributed by atoms with E-state index in [0.29, 0.717) is 11.2 Å². The topological polar surface area (TPSA) is 54.5 Å². The minimum atomic E-state index is 0.374. The number of nitrogens with zero attached hydrogens (tertiary/aromatic N) is 3. The summed E-state index contributed by atoms with van der Waals surface area (Å²) in [5.41, 5.74) is 9.32. The number of thiazole rings is 1. The highest BCUT2D eigenvalue weighted by Crippen LogP contribution is 2.26. The van der Waals surface area contributed by atoms with E-state index in [1.54, 1.807) is 11.3 Å². The quantitative estimate of drug-likeness (QED) is 0.846. The molecule has 1 unspecified atom stereocenters. The molecule has 2 N–H and O–H groups in total. The fourth-order valence-corrected chi connectivity index (χ4v) is 4.13. The monoisotopic (exact) mass is 332 g/mol. The maximum absolute atomic E-state index is 5.82. The van der Waals surface area contributed by atoms with Crippen LogP contribution in [-0.4, -0.2) is 47.1 Å². The van der Waals surface area contributed by atoms with Gasteiger partial charge in [-0.25, -0.2) is 4.98 Å². The van der Waals surface area contributed by atoms with E-state index in [-0.39, 0.29) is 0 Å². The Morgan fingerprint density at radius 2 is 2.14 bits per heavy atom. The minimum absolute atomic E-state index is 0.374. The Morgan fingerprint density at radius 3 is 2.91 bits per heavy atom. The van der Waals surface area contributed by atoms with Crippen LogP contribution in [0.5, 0.6) is 0 Å². The average molecular weight is 332 g/mol. The molecular weight excluding hydrogens is 311 g/mol. The van der Waals surface area contributed by atoms with E-state index < -0.39 is 0 Å². The molecule has 0 fully saturated rings. The third-order valence-electron chi connectivity index (χ3n) is 4.35. The summed E-state index contributed by atoms with van der Waals surface area (Å²) < 4.78 is 0. The molecule has 1 atom stereocenters. The fraction of sp³-hybridized carbons (Fsp3) is 0.438. The Labute approximate surface area is 137 Å². The number of fused-ring (bicyclic) bond motifs is 1. The van der Waals surface area contributed by atoms with Crippen molar-refractivity contribution < 1.29 is 0 Å². The standard InChI is InChI=1S/C16H21N4PS/c1-10(11-3-4-14(21)13(9-11)18-2)20-7-5-12-15(6-8-20)22-16(17)19-12/h3-4,9-10,21H,5-8H2,1-2H3,(H2,17,19). The van der Waals surface area contributed by atoms with Gasteiger partial charge < -0.3 is 5.73 Å². The van der Waals surface area contributed by atoms with E-state index in [9.17, 15) is 0 Å². The molecule has 0 radical (unpaired) electrons. The third-order valence-corrected chi connectivity index (χ3v) is 5.76. The molecule has 0 bridgehead atoms. The first-order valence-electron chi connectivity index (χ1n) is 7.52. The number of hydrogen-bond donors (Lipinski definition) is 1. The zero-order chi connectivity index (χ0) is 15.7. The van der Waals surface area contributed by atoms with Gasteiger partial charge in [-0.2, -0.15) is 0 Å². The van der Waals surface area contributed by atoms with Crippen LogP contribution in [0, 0.1) is 0 Å². The molecule has 4 nitrogen and oxygen atoms in total. The highest BCUT2D eigenvalue weighted by molar-refractivity contribution is 7.27. The lowest BCUT2D eigenvalue weighted by atomic mass is 9.98. The van der Waals surface area contributed by atoms with Crippen molar-refractivity contribution >= 4 is 36.3 Å². The van der Waals surface area contributed by atoms with E-state index in [2.05, 4.69) is 48.9 Å². The molecule has 0 saturated carbocycles. The number of nitrogens with two attached hydrogens (primary N) is 1. The van der Waals surface area contributed by atoms with Gasteiger partial charge in [0.2, 0.25) is 0 Å². The predicted octanol–water partition coefficient (Wildman–Crippen LogP) is 2.40. The normalized spacial score (nSPS) is 22.4. The van der Waals surface area contributed by atoms with Crippen molar-refractivity contribution in [3.05, 3.63) is 34.4 Å². The van der Waals surface area contributed by atoms with Gasteiger partial charge in [0.25, 0.3) is 0 Å². The van der Waals surface area contributed by atoms with Crippen LogP contribution >= 0.6 is 20.2 Å². The number of aromatic nitrogens is 1. The van der Waals surface area contributed by atoms with Crippen molar-refractivity contribution in [3.8, 4) is 0 Å². The lowest BCUT2D eigenvalue weighted by Gasteiger charge is -2.29. The molecule has 0 aromatic carbocycles. The number of aliphatic imine (C=N–C) groups is 1. The van der Waals surface area contributed by atoms with Gasteiger partial charge in [-0.15, -0.1) is 20.2 Å². The molecule has 2 aliphatic rings. The molecule has 1 aliphatic carbocycles. The van der Waals surface area contributed by atoms with E-state index in [0.717, 1.165) is 36.9 Å². The summed E-state index contributed by atoms with van der Waals surface area (Å²) in [6.45, 7) is 4.33. The molecule has 6 heteroatoms. The molecule has 22 heavy (non-hydrogen) atoms. The molecular formula is C16H21N4PS. The van der Waals surface area contributed by atoms with Gasteiger partial charge in [0.1, 0.15) is 0 Å². The van der Waals surface area contributed by atoms with Crippen LogP contribution in [0.1, 0.15) is 17.5 Å². The number of rotatable bonds is 2. The summed E-state index contributed by atoms with van der Waals surface area (Å²) in [4.78, 5) is 12.7. The van der Waals surface area contributed by atoms with Crippen LogP contribution in [0.3, 0.4) is 0 Å². The number of anilines is 1. The van der Waals surface area contributed by atoms with Crippen molar-refractivity contribution in [2.75, 3.05) is 25.9 Å². The summed E-state index contributed by atoms with van der Waals surface area (Å²) in [6, 6.07) is 0.374. The Balaban J connectivity index is 1.74. The van der Waals surface area contributed by atoms with E-state index in [4.69, 9.17) is 5.73 Å². The van der Waals surface area contributed by atoms with E-state index >= 15 is 0 Å². The first kappa shape index (κ1) is 15.6. The van der Waals surface area contributed by atoms with Gasteiger partial charge in [0, 0.05) is 42.8 Å². The average Bonchev–Trinajstić information content (AvgIpc) is 2.76. The number of allylic oxidation sites excluding steroid dienone is 2. The van der Waals surface area contributed by atoms with Gasteiger partial charge in [-0.1, -0.05) is 6.08 Å². The minimum Gasteiger partial charge on any atom is -0.375 e. The predicted molar refractivity (Wildman–Crippen MR) is 98.9 cm³/mol. The SMILES string of the molecule is CN=C1C=C(C(C)N2CCc3nc(N)sc3CC2)C=CC1=P. The highest BCUT2D eigenvalue weighted by Gasteiger charge is 2.23. The second-order valence-corrected chi connectivity index (χ2v) is 7.29. The molecule has 116 valence electrons. The van der Waals surface area contributed by atoms with Crippen LogP contribution in [-0.2, 0) is 12.8 Å². The molecule has 1 aromatic heterocycles. The first-order valence-corrected chi connectivity index (χ1v) is 8.83. The van der Waals surface area contributed by atoms with Crippen LogP contribution < -0.4 is 5.73 Å². The lowest BCUT2D eigenvalue weighted by Crippen LogP contribution is -2.37. The lowest BCUT2D eigenvalue weighted by molar-refractivity contribution is 0.247. The summed E-state index contributed by atoms with van der Waals surface area (Å²) in [6.07, 6.45) is 8.45. The van der Waals surface area contributed by atoms with Crippen molar-refractivity contribution in [1.29, 1.82) is 0 Å². The zero-order valence-electron chi connectivity index (χ0n) is 13.0. The summed E-state index contributed by atoms with van der Waals surface area (Å²) in [5, 5.41) is 1.74. The molecule has 3 rings (SSSR count). The second kappa shape index (κ2) is 6.45. The van der Waals surface area contributed by atoms with Crippen molar-refractivity contribution in [2.45, 2.75) is 25.8 Å². The molecule has 1 aromatic rings. The zero-order valence-corrected chi connectivity index (χ0v) is 14.8. The Kier molecular flexibility index (Phi) is 4.57. The maximum Gasteiger partial charge on any atom is 0.180 e. The highest BCUT2D eigenvalue weighted by atomic mass is 32.1. The molecule has 2 heterocycles. The van der Waals surface area contributed by atoms with Crippen molar-refractivity contribution in [1.82, 2.24) is 9.88 Å². The van der Waals surface area contributed by atoms with Gasteiger partial charge in [0.05, 0.1) is 11.4 Å². The van der Waals surface area contributed by atoms with E-state index in [1.165, 1.54) is 16.1 Å². The Hall–Kier alpha value is -1.29. The maximum atomic E-state index is 5.82. The molecule has 0 spiro atoms. The van der Waals surface area contributed by atoms with Crippen molar-refractivity contribution in [2.24, 2.45) is 4.99 Å². The molecule has 1 aliphatic heterocycles. The smallest absolute Gasteiger partial charge is 0.180 e. The fourth-order valence-electron chi connectivity index (χ4n) is 2.99. The first-order chi connectivity index (χ1) is 10.6. The molecule has 0 amide bonds. The summed E-state index contributed by atoms with van der Waals surface area (Å²) >= 11 is 1.64. The van der Waals surface area contributed by atoms with Crippen LogP contribution in [0.2, 0.25) is 0 Å². The van der Waals surface area contributed by atoms with Gasteiger partial charge in [0.15, 0.2) is 5.13 Å². The van der Waals surface area contributed by atoms with Gasteiger partial charge >= 0.3 is 0 Å². The summed E-state index contributed by atoms with van der Waals surface area (Å²) in [5.74, 6) is 0. The molecule has 0 saturated heterocycles. The van der Waals surface area contributed by atoms with Crippen LogP contribution in [0.15, 0.2) is 28.8 Å². The third kappa shape index (κ3) is 3.07. The van der Waals surface area contributed by atoms with Crippen LogP contribution in [0.4, 0.5) is 5.13 Å². The van der Waals surface area contributed by atoms with Gasteiger partial charge in [-0.3, -0.25) is 9.89 Å². The largest absolute Gasteiger partial charge is 0.375 e. The Morgan fingerprint density at radius 1 is 1.36 bits per heavy atom. The van der Waals surface area contributed by atoms with E-state index in [1.807, 2.05) is 7.05 Å². The number of nitrogen functional groups attached to an aromatic ring is 1. The summed E-state index contributed by atoms with van der Waals surface area (Å²) in [7, 11) is 5.42. The second-order valence-electron chi connectivity index (χ2n) is 5.63. The number of hydrogen-bond acceptors (Lipinski definition) is 5. The van der Waals surface area contributed by atoms with Crippen LogP contribution in [0.25, 0.3) is 0 Å².